The average molecular weight is 248 g/mol. The highest BCUT2D eigenvalue weighted by Crippen LogP contribution is 2.15. The van der Waals surface area contributed by atoms with E-state index in [-0.39, 0.29) is 0 Å². The van der Waals surface area contributed by atoms with Gasteiger partial charge in [-0.2, -0.15) is 0 Å². The van der Waals surface area contributed by atoms with Crippen molar-refractivity contribution >= 4 is 0 Å². The molecule has 0 spiro atoms. The fourth-order valence-electron chi connectivity index (χ4n) is 2.55. The highest BCUT2D eigenvalue weighted by molar-refractivity contribution is 5.27. The largest absolute Gasteiger partial charge is 0.494 e. The van der Waals surface area contributed by atoms with Crippen molar-refractivity contribution in [2.75, 3.05) is 33.3 Å². The third-order valence-corrected chi connectivity index (χ3v) is 3.42. The summed E-state index contributed by atoms with van der Waals surface area (Å²) in [5, 5.41) is 3.42. The molecule has 1 saturated heterocycles. The fraction of sp³-hybridized carbons (Fsp3) is 0.600. The summed E-state index contributed by atoms with van der Waals surface area (Å²) in [5.41, 5.74) is 1.35. The van der Waals surface area contributed by atoms with Crippen LogP contribution in [0.15, 0.2) is 24.3 Å². The highest BCUT2D eigenvalue weighted by Gasteiger charge is 2.16. The van der Waals surface area contributed by atoms with Gasteiger partial charge in [-0.1, -0.05) is 12.1 Å². The minimum atomic E-state index is 0.730. The summed E-state index contributed by atoms with van der Waals surface area (Å²) < 4.78 is 5.45. The quantitative estimate of drug-likeness (QED) is 0.834. The second-order valence-corrected chi connectivity index (χ2v) is 5.13. The lowest BCUT2D eigenvalue weighted by Gasteiger charge is -2.20. The van der Waals surface area contributed by atoms with Crippen molar-refractivity contribution in [3.8, 4) is 5.75 Å². The molecule has 1 aromatic rings. The summed E-state index contributed by atoms with van der Waals surface area (Å²) >= 11 is 0. The number of ether oxygens (including phenoxy) is 1. The van der Waals surface area contributed by atoms with Crippen LogP contribution in [0.1, 0.15) is 18.9 Å². The molecule has 1 aliphatic heterocycles. The minimum absolute atomic E-state index is 0.730. The van der Waals surface area contributed by atoms with E-state index >= 15 is 0 Å². The van der Waals surface area contributed by atoms with E-state index in [4.69, 9.17) is 4.74 Å². The molecule has 0 amide bonds. The molecule has 18 heavy (non-hydrogen) atoms. The maximum absolute atomic E-state index is 5.45. The van der Waals surface area contributed by atoms with E-state index in [0.717, 1.165) is 24.8 Å². The molecule has 100 valence electrons. The van der Waals surface area contributed by atoms with Crippen LogP contribution in [0.5, 0.6) is 5.75 Å². The summed E-state index contributed by atoms with van der Waals surface area (Å²) in [6, 6.07) is 8.44. The van der Waals surface area contributed by atoms with Crippen LogP contribution in [0, 0.1) is 5.92 Å². The van der Waals surface area contributed by atoms with E-state index in [2.05, 4.69) is 41.5 Å². The Morgan fingerprint density at radius 3 is 2.72 bits per heavy atom. The molecule has 1 unspecified atom stereocenters. The SMILES string of the molecule is CCOc1ccc(CN(C)CC2CCNC2)cc1. The van der Waals surface area contributed by atoms with Crippen LogP contribution in [0.25, 0.3) is 0 Å². The first kappa shape index (κ1) is 13.4. The van der Waals surface area contributed by atoms with E-state index in [1.165, 1.54) is 31.6 Å². The smallest absolute Gasteiger partial charge is 0.119 e. The zero-order chi connectivity index (χ0) is 12.8. The summed E-state index contributed by atoms with van der Waals surface area (Å²) in [7, 11) is 2.20. The lowest BCUT2D eigenvalue weighted by Crippen LogP contribution is -2.26. The average Bonchev–Trinajstić information content (AvgIpc) is 2.84. The molecule has 0 saturated carbocycles. The van der Waals surface area contributed by atoms with Crippen LogP contribution in [0.2, 0.25) is 0 Å². The predicted octanol–water partition coefficient (Wildman–Crippen LogP) is 2.13. The predicted molar refractivity (Wildman–Crippen MR) is 74.9 cm³/mol. The van der Waals surface area contributed by atoms with Crippen LogP contribution in [-0.4, -0.2) is 38.2 Å². The first-order valence-corrected chi connectivity index (χ1v) is 6.89. The molecule has 1 atom stereocenters. The number of hydrogen-bond donors (Lipinski definition) is 1. The molecule has 3 nitrogen and oxygen atoms in total. The number of benzene rings is 1. The van der Waals surface area contributed by atoms with Crippen molar-refractivity contribution in [1.29, 1.82) is 0 Å². The lowest BCUT2D eigenvalue weighted by atomic mass is 10.1. The van der Waals surface area contributed by atoms with Gasteiger partial charge in [-0.3, -0.25) is 0 Å². The van der Waals surface area contributed by atoms with Gasteiger partial charge in [0.2, 0.25) is 0 Å². The number of hydrogen-bond acceptors (Lipinski definition) is 3. The van der Waals surface area contributed by atoms with Gasteiger partial charge in [-0.05, 0) is 57.1 Å². The second-order valence-electron chi connectivity index (χ2n) is 5.13. The molecule has 0 radical (unpaired) electrons. The molecule has 1 heterocycles. The molecule has 0 aromatic heterocycles. The number of rotatable bonds is 6. The first-order valence-electron chi connectivity index (χ1n) is 6.89. The van der Waals surface area contributed by atoms with Gasteiger partial charge in [-0.15, -0.1) is 0 Å². The van der Waals surface area contributed by atoms with Crippen LogP contribution in [0.3, 0.4) is 0 Å². The van der Waals surface area contributed by atoms with E-state index in [0.29, 0.717) is 0 Å². The second kappa shape index (κ2) is 6.76. The van der Waals surface area contributed by atoms with Crippen LogP contribution >= 0.6 is 0 Å². The standard InChI is InChI=1S/C15H24N2O/c1-3-18-15-6-4-13(5-7-15)11-17(2)12-14-8-9-16-10-14/h4-7,14,16H,3,8-12H2,1-2H3. The highest BCUT2D eigenvalue weighted by atomic mass is 16.5. The number of nitrogens with one attached hydrogen (secondary N) is 1. The summed E-state index contributed by atoms with van der Waals surface area (Å²) in [6.07, 6.45) is 1.31. The van der Waals surface area contributed by atoms with Crippen molar-refractivity contribution in [2.24, 2.45) is 5.92 Å². The van der Waals surface area contributed by atoms with E-state index in [9.17, 15) is 0 Å². The molecular formula is C15H24N2O. The molecule has 3 heteroatoms. The first-order chi connectivity index (χ1) is 8.78. The monoisotopic (exact) mass is 248 g/mol. The van der Waals surface area contributed by atoms with Gasteiger partial charge in [-0.25, -0.2) is 0 Å². The Kier molecular flexibility index (Phi) is 5.02. The third kappa shape index (κ3) is 4.00. The van der Waals surface area contributed by atoms with E-state index in [1.54, 1.807) is 0 Å². The molecule has 1 fully saturated rings. The topological polar surface area (TPSA) is 24.5 Å². The molecular weight excluding hydrogens is 224 g/mol. The van der Waals surface area contributed by atoms with Crippen LogP contribution in [-0.2, 0) is 6.54 Å². The van der Waals surface area contributed by atoms with Gasteiger partial charge in [0.1, 0.15) is 5.75 Å². The van der Waals surface area contributed by atoms with Gasteiger partial charge in [0.25, 0.3) is 0 Å². The zero-order valence-corrected chi connectivity index (χ0v) is 11.5. The van der Waals surface area contributed by atoms with Crippen molar-refractivity contribution in [3.63, 3.8) is 0 Å². The summed E-state index contributed by atoms with van der Waals surface area (Å²) in [5.74, 6) is 1.78. The molecule has 1 N–H and O–H groups in total. The summed E-state index contributed by atoms with van der Waals surface area (Å²) in [4.78, 5) is 2.41. The Balaban J connectivity index is 1.80. The van der Waals surface area contributed by atoms with E-state index in [1.807, 2.05) is 6.92 Å². The van der Waals surface area contributed by atoms with Crippen LogP contribution < -0.4 is 10.1 Å². The maximum Gasteiger partial charge on any atom is 0.119 e. The molecule has 2 rings (SSSR count). The van der Waals surface area contributed by atoms with Crippen molar-refractivity contribution in [3.05, 3.63) is 29.8 Å². The zero-order valence-electron chi connectivity index (χ0n) is 11.5. The normalized spacial score (nSPS) is 19.4. The molecule has 1 aliphatic rings. The van der Waals surface area contributed by atoms with Gasteiger partial charge in [0.05, 0.1) is 6.61 Å². The van der Waals surface area contributed by atoms with Crippen molar-refractivity contribution in [2.45, 2.75) is 19.9 Å². The molecule has 0 aliphatic carbocycles. The van der Waals surface area contributed by atoms with Gasteiger partial charge >= 0.3 is 0 Å². The van der Waals surface area contributed by atoms with Crippen molar-refractivity contribution in [1.82, 2.24) is 10.2 Å². The molecule has 1 aromatic carbocycles. The number of nitrogens with zero attached hydrogens (tertiary/aromatic N) is 1. The van der Waals surface area contributed by atoms with Crippen LogP contribution in [0.4, 0.5) is 0 Å². The Morgan fingerprint density at radius 1 is 1.33 bits per heavy atom. The van der Waals surface area contributed by atoms with E-state index < -0.39 is 0 Å². The maximum atomic E-state index is 5.45. The fourth-order valence-corrected chi connectivity index (χ4v) is 2.55. The minimum Gasteiger partial charge on any atom is -0.494 e. The third-order valence-electron chi connectivity index (χ3n) is 3.42. The Labute approximate surface area is 110 Å². The lowest BCUT2D eigenvalue weighted by molar-refractivity contribution is 0.278. The Bertz CT molecular complexity index is 344. The Morgan fingerprint density at radius 2 is 2.11 bits per heavy atom. The Hall–Kier alpha value is -1.06. The van der Waals surface area contributed by atoms with Gasteiger partial charge in [0, 0.05) is 13.1 Å². The van der Waals surface area contributed by atoms with Gasteiger partial charge in [0.15, 0.2) is 0 Å². The van der Waals surface area contributed by atoms with Crippen molar-refractivity contribution < 1.29 is 4.74 Å². The summed E-state index contributed by atoms with van der Waals surface area (Å²) in [6.45, 7) is 7.30. The molecule has 0 bridgehead atoms. The van der Waals surface area contributed by atoms with Gasteiger partial charge < -0.3 is 15.0 Å².